The number of para-hydroxylation sites is 1. The van der Waals surface area contributed by atoms with E-state index in [1.807, 2.05) is 36.4 Å². The van der Waals surface area contributed by atoms with Crippen LogP contribution in [0.1, 0.15) is 17.3 Å². The minimum Gasteiger partial charge on any atom is -0.493 e. The lowest BCUT2D eigenvalue weighted by Crippen LogP contribution is -2.12. The van der Waals surface area contributed by atoms with Gasteiger partial charge in [-0.25, -0.2) is 4.68 Å². The Morgan fingerprint density at radius 2 is 1.47 bits per heavy atom. The molecule has 4 aromatic rings. The van der Waals surface area contributed by atoms with E-state index in [0.717, 1.165) is 5.69 Å². The number of hydrogen-bond acceptors (Lipinski definition) is 5. The zero-order valence-electron chi connectivity index (χ0n) is 19.0. The van der Waals surface area contributed by atoms with Crippen LogP contribution >= 0.6 is 0 Å². The molecule has 0 aliphatic carbocycles. The monoisotopic (exact) mass is 456 g/mol. The maximum Gasteiger partial charge on any atom is 0.259 e. The molecule has 2 N–H and O–H groups in total. The van der Waals surface area contributed by atoms with Crippen LogP contribution in [0.4, 0.5) is 11.4 Å². The lowest BCUT2D eigenvalue weighted by atomic mass is 10.1. The number of anilines is 2. The van der Waals surface area contributed by atoms with Crippen molar-refractivity contribution in [2.75, 3.05) is 24.9 Å². The summed E-state index contributed by atoms with van der Waals surface area (Å²) in [6.07, 6.45) is 1.70. The molecular formula is C26H24N4O4. The molecule has 0 spiro atoms. The minimum atomic E-state index is -0.320. The number of ether oxygens (including phenoxy) is 2. The molecule has 8 nitrogen and oxygen atoms in total. The van der Waals surface area contributed by atoms with Crippen molar-refractivity contribution in [2.45, 2.75) is 6.92 Å². The van der Waals surface area contributed by atoms with Gasteiger partial charge in [-0.1, -0.05) is 18.2 Å². The van der Waals surface area contributed by atoms with Crippen molar-refractivity contribution < 1.29 is 19.1 Å². The van der Waals surface area contributed by atoms with E-state index in [2.05, 4.69) is 10.6 Å². The van der Waals surface area contributed by atoms with E-state index in [1.165, 1.54) is 6.92 Å². The van der Waals surface area contributed by atoms with Gasteiger partial charge in [0.2, 0.25) is 5.91 Å². The lowest BCUT2D eigenvalue weighted by Gasteiger charge is -2.10. The van der Waals surface area contributed by atoms with Crippen LogP contribution in [0.5, 0.6) is 11.5 Å². The highest BCUT2D eigenvalue weighted by Crippen LogP contribution is 2.33. The first-order valence-corrected chi connectivity index (χ1v) is 10.5. The Morgan fingerprint density at radius 1 is 0.824 bits per heavy atom. The van der Waals surface area contributed by atoms with E-state index in [4.69, 9.17) is 14.6 Å². The zero-order valence-corrected chi connectivity index (χ0v) is 19.0. The fourth-order valence-electron chi connectivity index (χ4n) is 3.49. The molecule has 4 rings (SSSR count). The number of aromatic nitrogens is 2. The minimum absolute atomic E-state index is 0.162. The number of carbonyl (C=O) groups excluding carboxylic acids is 2. The van der Waals surface area contributed by atoms with E-state index in [9.17, 15) is 9.59 Å². The van der Waals surface area contributed by atoms with Gasteiger partial charge >= 0.3 is 0 Å². The molecule has 0 bridgehead atoms. The van der Waals surface area contributed by atoms with E-state index < -0.39 is 0 Å². The highest BCUT2D eigenvalue weighted by molar-refractivity contribution is 6.08. The summed E-state index contributed by atoms with van der Waals surface area (Å²) in [5, 5.41) is 10.3. The average molecular weight is 457 g/mol. The Kier molecular flexibility index (Phi) is 6.59. The van der Waals surface area contributed by atoms with Gasteiger partial charge in [-0.05, 0) is 54.6 Å². The molecule has 0 atom stereocenters. The second-order valence-corrected chi connectivity index (χ2v) is 7.45. The van der Waals surface area contributed by atoms with Crippen LogP contribution in [0.2, 0.25) is 0 Å². The van der Waals surface area contributed by atoms with Gasteiger partial charge in [-0.2, -0.15) is 5.10 Å². The van der Waals surface area contributed by atoms with Gasteiger partial charge in [0.05, 0.1) is 25.5 Å². The van der Waals surface area contributed by atoms with Crippen LogP contribution in [0.25, 0.3) is 16.9 Å². The van der Waals surface area contributed by atoms with Crippen LogP contribution in [0, 0.1) is 0 Å². The van der Waals surface area contributed by atoms with Gasteiger partial charge in [0.15, 0.2) is 11.5 Å². The molecule has 0 unspecified atom stereocenters. The fraction of sp³-hybridized carbons (Fsp3) is 0.115. The van der Waals surface area contributed by atoms with Crippen LogP contribution in [-0.2, 0) is 4.79 Å². The van der Waals surface area contributed by atoms with Crippen molar-refractivity contribution in [2.24, 2.45) is 0 Å². The SMILES string of the molecule is COc1ccc(-c2nn(-c3ccccc3)cc2C(=O)Nc2ccc(NC(C)=O)cc2)cc1OC. The summed E-state index contributed by atoms with van der Waals surface area (Å²) in [5.41, 5.74) is 3.65. The molecule has 2 amide bonds. The summed E-state index contributed by atoms with van der Waals surface area (Å²) >= 11 is 0. The number of rotatable bonds is 7. The van der Waals surface area contributed by atoms with E-state index in [1.54, 1.807) is 61.5 Å². The molecule has 1 aromatic heterocycles. The molecule has 0 aliphatic rings. The zero-order chi connectivity index (χ0) is 24.1. The van der Waals surface area contributed by atoms with Crippen molar-refractivity contribution in [3.63, 3.8) is 0 Å². The van der Waals surface area contributed by atoms with Gasteiger partial charge in [0.1, 0.15) is 5.69 Å². The predicted octanol–water partition coefficient (Wildman–Crippen LogP) is 4.77. The van der Waals surface area contributed by atoms with Crippen molar-refractivity contribution in [1.82, 2.24) is 9.78 Å². The third-order valence-corrected chi connectivity index (χ3v) is 5.10. The molecule has 0 radical (unpaired) electrons. The van der Waals surface area contributed by atoms with Crippen LogP contribution in [-0.4, -0.2) is 35.8 Å². The topological polar surface area (TPSA) is 94.5 Å². The maximum atomic E-state index is 13.3. The first-order chi connectivity index (χ1) is 16.5. The smallest absolute Gasteiger partial charge is 0.259 e. The van der Waals surface area contributed by atoms with Crippen molar-refractivity contribution in [3.05, 3.63) is 84.6 Å². The van der Waals surface area contributed by atoms with Crippen LogP contribution < -0.4 is 20.1 Å². The summed E-state index contributed by atoms with van der Waals surface area (Å²) < 4.78 is 12.4. The van der Waals surface area contributed by atoms with E-state index in [0.29, 0.717) is 39.7 Å². The van der Waals surface area contributed by atoms with E-state index in [-0.39, 0.29) is 11.8 Å². The molecular weight excluding hydrogens is 432 g/mol. The van der Waals surface area contributed by atoms with Crippen molar-refractivity contribution >= 4 is 23.2 Å². The quantitative estimate of drug-likeness (QED) is 0.418. The third-order valence-electron chi connectivity index (χ3n) is 5.10. The Labute approximate surface area is 197 Å². The fourth-order valence-corrected chi connectivity index (χ4v) is 3.49. The molecule has 8 heteroatoms. The first-order valence-electron chi connectivity index (χ1n) is 10.5. The predicted molar refractivity (Wildman–Crippen MR) is 131 cm³/mol. The summed E-state index contributed by atoms with van der Waals surface area (Å²) in [6.45, 7) is 1.44. The van der Waals surface area contributed by atoms with Gasteiger partial charge < -0.3 is 20.1 Å². The number of amides is 2. The standard InChI is InChI=1S/C26H24N4O4/c1-17(31)27-19-10-12-20(13-11-19)28-26(32)22-16-30(21-7-5-4-6-8-21)29-25(22)18-9-14-23(33-2)24(15-18)34-3/h4-16H,1-3H3,(H,27,31)(H,28,32). The number of methoxy groups -OCH3 is 2. The summed E-state index contributed by atoms with van der Waals surface area (Å²) in [7, 11) is 3.13. The molecule has 34 heavy (non-hydrogen) atoms. The van der Waals surface area contributed by atoms with Crippen molar-refractivity contribution in [3.8, 4) is 28.4 Å². The summed E-state index contributed by atoms with van der Waals surface area (Å²) in [6, 6.07) is 21.8. The number of hydrogen-bond donors (Lipinski definition) is 2. The molecule has 3 aromatic carbocycles. The maximum absolute atomic E-state index is 13.3. The molecule has 0 aliphatic heterocycles. The van der Waals surface area contributed by atoms with Gasteiger partial charge in [0, 0.05) is 30.1 Å². The number of nitrogens with one attached hydrogen (secondary N) is 2. The number of nitrogens with zero attached hydrogens (tertiary/aromatic N) is 2. The Hall–Kier alpha value is -4.59. The van der Waals surface area contributed by atoms with E-state index >= 15 is 0 Å². The van der Waals surface area contributed by atoms with Gasteiger partial charge in [0.25, 0.3) is 5.91 Å². The highest BCUT2D eigenvalue weighted by Gasteiger charge is 2.20. The van der Waals surface area contributed by atoms with Crippen LogP contribution in [0.15, 0.2) is 79.0 Å². The van der Waals surface area contributed by atoms with Crippen LogP contribution in [0.3, 0.4) is 0 Å². The lowest BCUT2D eigenvalue weighted by molar-refractivity contribution is -0.114. The number of benzene rings is 3. The largest absolute Gasteiger partial charge is 0.493 e. The number of carbonyl (C=O) groups is 2. The van der Waals surface area contributed by atoms with Gasteiger partial charge in [-0.3, -0.25) is 9.59 Å². The normalized spacial score (nSPS) is 10.4. The third kappa shape index (κ3) is 4.91. The molecule has 0 fully saturated rings. The first kappa shape index (κ1) is 22.6. The van der Waals surface area contributed by atoms with Gasteiger partial charge in [-0.15, -0.1) is 0 Å². The Morgan fingerprint density at radius 3 is 2.09 bits per heavy atom. The molecule has 0 saturated carbocycles. The molecule has 1 heterocycles. The average Bonchev–Trinajstić information content (AvgIpc) is 3.31. The highest BCUT2D eigenvalue weighted by atomic mass is 16.5. The second-order valence-electron chi connectivity index (χ2n) is 7.45. The van der Waals surface area contributed by atoms with Crippen molar-refractivity contribution in [1.29, 1.82) is 0 Å². The Balaban J connectivity index is 1.71. The molecule has 0 saturated heterocycles. The Bertz CT molecular complexity index is 1310. The summed E-state index contributed by atoms with van der Waals surface area (Å²) in [5.74, 6) is 0.636. The molecule has 172 valence electrons. The summed E-state index contributed by atoms with van der Waals surface area (Å²) in [4.78, 5) is 24.5. The second kappa shape index (κ2) is 9.91.